The van der Waals surface area contributed by atoms with Gasteiger partial charge in [-0.25, -0.2) is 0 Å². The van der Waals surface area contributed by atoms with E-state index in [1.54, 1.807) is 5.69 Å². The summed E-state index contributed by atoms with van der Waals surface area (Å²) in [6, 6.07) is 15.9. The number of quaternary nitrogens is 1. The number of unbranched alkanes of at least 4 members (excludes halogenated alkanes) is 9. The molecule has 0 heterocycles. The number of fused-ring (bicyclic) bond motifs is 1. The molecule has 162 valence electrons. The third kappa shape index (κ3) is 7.45. The lowest BCUT2D eigenvalue weighted by molar-refractivity contribution is 0.267. The molecule has 0 aliphatic carbocycles. The molecule has 0 radical (unpaired) electrons. The first-order valence-electron chi connectivity index (χ1n) is 12.6. The van der Waals surface area contributed by atoms with E-state index in [-0.39, 0.29) is 0 Å². The van der Waals surface area contributed by atoms with Crippen LogP contribution in [-0.2, 0) is 0 Å². The normalized spacial score (nSPS) is 12.0. The molecule has 0 fully saturated rings. The van der Waals surface area contributed by atoms with Crippen LogP contribution >= 0.6 is 0 Å². The minimum Gasteiger partial charge on any atom is -0.291 e. The molecule has 0 amide bonds. The summed E-state index contributed by atoms with van der Waals surface area (Å²) in [7, 11) is 0. The molecule has 2 aromatic carbocycles. The average molecular weight is 397 g/mol. The zero-order valence-corrected chi connectivity index (χ0v) is 19.6. The highest BCUT2D eigenvalue weighted by Crippen LogP contribution is 2.33. The molecule has 0 saturated carbocycles. The van der Waals surface area contributed by atoms with Crippen molar-refractivity contribution in [1.29, 1.82) is 0 Å². The second-order valence-corrected chi connectivity index (χ2v) is 9.00. The maximum absolute atomic E-state index is 2.41. The van der Waals surface area contributed by atoms with Gasteiger partial charge in [0.05, 0.1) is 19.6 Å². The smallest absolute Gasteiger partial charge is 0.140 e. The van der Waals surface area contributed by atoms with Gasteiger partial charge in [0, 0.05) is 5.39 Å². The van der Waals surface area contributed by atoms with Crippen LogP contribution in [0.2, 0.25) is 0 Å². The first-order valence-corrected chi connectivity index (χ1v) is 12.6. The van der Waals surface area contributed by atoms with Gasteiger partial charge in [-0.2, -0.15) is 0 Å². The van der Waals surface area contributed by atoms with Gasteiger partial charge in [-0.15, -0.1) is 0 Å². The molecular weight excluding hydrogens is 350 g/mol. The summed E-state index contributed by atoms with van der Waals surface area (Å²) in [5, 5.41) is 2.85. The Morgan fingerprint density at radius 1 is 0.517 bits per heavy atom. The van der Waals surface area contributed by atoms with E-state index in [9.17, 15) is 0 Å². The molecule has 0 aliphatic heterocycles. The van der Waals surface area contributed by atoms with E-state index in [1.807, 2.05) is 0 Å². The van der Waals surface area contributed by atoms with Crippen molar-refractivity contribution < 1.29 is 0 Å². The quantitative estimate of drug-likeness (QED) is 0.196. The molecule has 0 N–H and O–H groups in total. The van der Waals surface area contributed by atoms with Crippen molar-refractivity contribution in [2.24, 2.45) is 0 Å². The lowest BCUT2D eigenvalue weighted by Gasteiger charge is -2.39. The van der Waals surface area contributed by atoms with Crippen LogP contribution in [0.4, 0.5) is 5.69 Å². The van der Waals surface area contributed by atoms with E-state index in [4.69, 9.17) is 0 Å². The van der Waals surface area contributed by atoms with Crippen LogP contribution in [0.25, 0.3) is 10.8 Å². The fourth-order valence-electron chi connectivity index (χ4n) is 5.08. The Labute approximate surface area is 181 Å². The lowest BCUT2D eigenvalue weighted by Crippen LogP contribution is -2.51. The summed E-state index contributed by atoms with van der Waals surface area (Å²) in [4.78, 5) is 0. The number of benzene rings is 2. The minimum atomic E-state index is 1.17. The second-order valence-electron chi connectivity index (χ2n) is 9.00. The molecular formula is C28H46N+. The van der Waals surface area contributed by atoms with E-state index >= 15 is 0 Å². The zero-order valence-electron chi connectivity index (χ0n) is 19.6. The van der Waals surface area contributed by atoms with Crippen LogP contribution in [0, 0.1) is 0 Å². The zero-order chi connectivity index (χ0) is 20.8. The largest absolute Gasteiger partial charge is 0.291 e. The van der Waals surface area contributed by atoms with Crippen LogP contribution < -0.4 is 4.48 Å². The molecule has 0 aliphatic rings. The number of hydrogen-bond donors (Lipinski definition) is 0. The van der Waals surface area contributed by atoms with Crippen LogP contribution in [0.15, 0.2) is 42.5 Å². The standard InChI is InChI=1S/C28H46N/c1-4-7-8-9-10-11-12-13-14-17-25-29(23-5-2,24-6-3)28-22-18-20-26-19-15-16-21-27(26)28/h15-16,18-22H,4-14,17,23-25H2,1-3H3/q+1. The molecule has 2 aromatic rings. The average Bonchev–Trinajstić information content (AvgIpc) is 2.75. The number of hydrogen-bond acceptors (Lipinski definition) is 0. The fourth-order valence-corrected chi connectivity index (χ4v) is 5.08. The van der Waals surface area contributed by atoms with Crippen LogP contribution in [0.5, 0.6) is 0 Å². The summed E-state index contributed by atoms with van der Waals surface area (Å²) < 4.78 is 1.17. The Bertz CT molecular complexity index is 664. The van der Waals surface area contributed by atoms with Crippen LogP contribution in [0.1, 0.15) is 97.8 Å². The van der Waals surface area contributed by atoms with E-state index in [1.165, 1.54) is 112 Å². The summed E-state index contributed by atoms with van der Waals surface area (Å²) in [6.45, 7) is 10.8. The van der Waals surface area contributed by atoms with Crippen molar-refractivity contribution in [3.63, 3.8) is 0 Å². The third-order valence-corrected chi connectivity index (χ3v) is 6.52. The predicted molar refractivity (Wildman–Crippen MR) is 133 cm³/mol. The summed E-state index contributed by atoms with van der Waals surface area (Å²) in [5.74, 6) is 0. The molecule has 0 spiro atoms. The highest BCUT2D eigenvalue weighted by atomic mass is 15.4. The molecule has 0 unspecified atom stereocenters. The maximum Gasteiger partial charge on any atom is 0.140 e. The topological polar surface area (TPSA) is 0 Å². The van der Waals surface area contributed by atoms with E-state index in [2.05, 4.69) is 63.2 Å². The van der Waals surface area contributed by atoms with Crippen molar-refractivity contribution in [3.8, 4) is 0 Å². The number of nitrogens with zero attached hydrogens (tertiary/aromatic N) is 1. The lowest BCUT2D eigenvalue weighted by atomic mass is 10.0. The minimum absolute atomic E-state index is 1.17. The van der Waals surface area contributed by atoms with Gasteiger partial charge in [-0.3, -0.25) is 4.48 Å². The first kappa shape index (κ1) is 23.9. The van der Waals surface area contributed by atoms with Gasteiger partial charge < -0.3 is 0 Å². The highest BCUT2D eigenvalue weighted by Gasteiger charge is 2.29. The van der Waals surface area contributed by atoms with E-state index in [0.717, 1.165) is 0 Å². The van der Waals surface area contributed by atoms with Crippen LogP contribution in [0.3, 0.4) is 0 Å². The van der Waals surface area contributed by atoms with Gasteiger partial charge in [0.25, 0.3) is 0 Å². The Balaban J connectivity index is 1.94. The molecule has 0 saturated heterocycles. The van der Waals surface area contributed by atoms with Crippen molar-refractivity contribution in [2.45, 2.75) is 97.8 Å². The summed E-state index contributed by atoms with van der Waals surface area (Å²) >= 11 is 0. The van der Waals surface area contributed by atoms with Crippen molar-refractivity contribution in [3.05, 3.63) is 42.5 Å². The van der Waals surface area contributed by atoms with Crippen molar-refractivity contribution >= 4 is 16.5 Å². The molecule has 2 rings (SSSR count). The summed E-state index contributed by atoms with van der Waals surface area (Å²) in [5.41, 5.74) is 1.56. The Morgan fingerprint density at radius 3 is 1.69 bits per heavy atom. The second kappa shape index (κ2) is 13.8. The predicted octanol–water partition coefficient (Wildman–Crippen LogP) is 8.89. The van der Waals surface area contributed by atoms with Crippen molar-refractivity contribution in [2.75, 3.05) is 19.6 Å². The SMILES string of the molecule is CCCCCCCCCCCC[N+](CCC)(CCC)c1cccc2ccccc12. The number of rotatable bonds is 16. The van der Waals surface area contributed by atoms with E-state index in [0.29, 0.717) is 0 Å². The van der Waals surface area contributed by atoms with Gasteiger partial charge in [-0.05, 0) is 43.2 Å². The highest BCUT2D eigenvalue weighted by molar-refractivity contribution is 5.93. The van der Waals surface area contributed by atoms with Crippen molar-refractivity contribution in [1.82, 2.24) is 4.48 Å². The van der Waals surface area contributed by atoms with E-state index < -0.39 is 0 Å². The third-order valence-electron chi connectivity index (χ3n) is 6.52. The molecule has 0 atom stereocenters. The van der Waals surface area contributed by atoms with Crippen LogP contribution in [-0.4, -0.2) is 19.6 Å². The Hall–Kier alpha value is -1.34. The van der Waals surface area contributed by atoms with Gasteiger partial charge in [0.1, 0.15) is 5.69 Å². The first-order chi connectivity index (χ1) is 14.3. The Morgan fingerprint density at radius 2 is 1.07 bits per heavy atom. The maximum atomic E-state index is 2.41. The molecule has 1 nitrogen and oxygen atoms in total. The van der Waals surface area contributed by atoms with Gasteiger partial charge in [-0.1, -0.05) is 102 Å². The van der Waals surface area contributed by atoms with Gasteiger partial charge >= 0.3 is 0 Å². The Kier molecular flexibility index (Phi) is 11.4. The monoisotopic (exact) mass is 396 g/mol. The van der Waals surface area contributed by atoms with Gasteiger partial charge in [0.15, 0.2) is 0 Å². The van der Waals surface area contributed by atoms with Gasteiger partial charge in [0.2, 0.25) is 0 Å². The molecule has 1 heteroatoms. The molecule has 0 aromatic heterocycles. The fraction of sp³-hybridized carbons (Fsp3) is 0.643. The molecule has 0 bridgehead atoms. The summed E-state index contributed by atoms with van der Waals surface area (Å²) in [6.07, 6.45) is 16.7. The molecule has 29 heavy (non-hydrogen) atoms.